The fourth-order valence-corrected chi connectivity index (χ4v) is 3.62. The fraction of sp³-hybridized carbons (Fsp3) is 0.882. The van der Waals surface area contributed by atoms with Gasteiger partial charge in [0.05, 0.1) is 0 Å². The zero-order valence-corrected chi connectivity index (χ0v) is 12.8. The van der Waals surface area contributed by atoms with E-state index in [0.29, 0.717) is 24.8 Å². The third-order valence-corrected chi connectivity index (χ3v) is 4.82. The van der Waals surface area contributed by atoms with E-state index >= 15 is 0 Å². The normalized spacial score (nSPS) is 25.9. The summed E-state index contributed by atoms with van der Waals surface area (Å²) in [6.45, 7) is 3.16. The molecule has 116 valence electrons. The molecule has 0 spiro atoms. The summed E-state index contributed by atoms with van der Waals surface area (Å²) < 4.78 is 26.7. The van der Waals surface area contributed by atoms with Crippen molar-refractivity contribution in [2.75, 3.05) is 6.54 Å². The van der Waals surface area contributed by atoms with Crippen LogP contribution in [0.1, 0.15) is 71.1 Å². The highest BCUT2D eigenvalue weighted by atomic mass is 19.3. The molecule has 1 saturated carbocycles. The van der Waals surface area contributed by atoms with Gasteiger partial charge in [0.1, 0.15) is 0 Å². The maximum Gasteiger partial charge on any atom is 0.248 e. The van der Waals surface area contributed by atoms with Gasteiger partial charge in [-0.05, 0) is 57.4 Å². The van der Waals surface area contributed by atoms with Crippen LogP contribution in [0.4, 0.5) is 8.78 Å². The van der Waals surface area contributed by atoms with Crippen LogP contribution in [0.2, 0.25) is 0 Å². The minimum atomic E-state index is -2.41. The van der Waals surface area contributed by atoms with Crippen LogP contribution >= 0.6 is 0 Å². The van der Waals surface area contributed by atoms with E-state index in [1.54, 1.807) is 0 Å². The Morgan fingerprint density at radius 3 is 2.70 bits per heavy atom. The average molecular weight is 285 g/mol. The summed E-state index contributed by atoms with van der Waals surface area (Å²) in [5.41, 5.74) is 1.51. The standard InChI is InChI=1S/C17H29F2N/c1-2-13-20-16(14-7-5-3-4-6-8-14)15-9-11-17(18,19)12-10-15/h7,15-16,20H,2-6,8-13H2,1H3. The molecule has 1 unspecified atom stereocenters. The van der Waals surface area contributed by atoms with E-state index in [0.717, 1.165) is 19.4 Å². The molecule has 0 saturated heterocycles. The smallest absolute Gasteiger partial charge is 0.248 e. The van der Waals surface area contributed by atoms with E-state index < -0.39 is 5.92 Å². The number of alkyl halides is 2. The molecule has 0 aliphatic heterocycles. The van der Waals surface area contributed by atoms with Gasteiger partial charge in [-0.25, -0.2) is 8.78 Å². The third-order valence-electron chi connectivity index (χ3n) is 4.82. The van der Waals surface area contributed by atoms with E-state index in [2.05, 4.69) is 18.3 Å². The van der Waals surface area contributed by atoms with Gasteiger partial charge in [0, 0.05) is 18.9 Å². The zero-order chi connectivity index (χ0) is 14.4. The van der Waals surface area contributed by atoms with Crippen LogP contribution in [0, 0.1) is 5.92 Å². The molecule has 0 radical (unpaired) electrons. The molecule has 0 aromatic heterocycles. The van der Waals surface area contributed by atoms with Crippen molar-refractivity contribution in [1.29, 1.82) is 0 Å². The fourth-order valence-electron chi connectivity index (χ4n) is 3.62. The SMILES string of the molecule is CCCNC(C1=CCCCCC1)C1CCC(F)(F)CC1. The van der Waals surface area contributed by atoms with Gasteiger partial charge < -0.3 is 5.32 Å². The second-order valence-electron chi connectivity index (χ2n) is 6.50. The second-order valence-corrected chi connectivity index (χ2v) is 6.50. The third kappa shape index (κ3) is 4.54. The lowest BCUT2D eigenvalue weighted by Crippen LogP contribution is -2.41. The molecule has 1 atom stereocenters. The van der Waals surface area contributed by atoms with Crippen LogP contribution in [0.5, 0.6) is 0 Å². The molecule has 20 heavy (non-hydrogen) atoms. The molecular weight excluding hydrogens is 256 g/mol. The summed E-state index contributed by atoms with van der Waals surface area (Å²) >= 11 is 0. The summed E-state index contributed by atoms with van der Waals surface area (Å²) in [4.78, 5) is 0. The van der Waals surface area contributed by atoms with Gasteiger partial charge >= 0.3 is 0 Å². The zero-order valence-electron chi connectivity index (χ0n) is 12.8. The van der Waals surface area contributed by atoms with Crippen molar-refractivity contribution < 1.29 is 8.78 Å². The average Bonchev–Trinajstić information content (AvgIpc) is 2.70. The van der Waals surface area contributed by atoms with E-state index in [4.69, 9.17) is 0 Å². The molecule has 2 rings (SSSR count). The molecule has 2 aliphatic rings. The largest absolute Gasteiger partial charge is 0.310 e. The van der Waals surface area contributed by atoms with Crippen molar-refractivity contribution in [2.24, 2.45) is 5.92 Å². The summed E-state index contributed by atoms with van der Waals surface area (Å²) in [6.07, 6.45) is 11.2. The second kappa shape index (κ2) is 7.53. The number of hydrogen-bond acceptors (Lipinski definition) is 1. The maximum atomic E-state index is 13.4. The predicted molar refractivity (Wildman–Crippen MR) is 80.2 cm³/mol. The number of hydrogen-bond donors (Lipinski definition) is 1. The lowest BCUT2D eigenvalue weighted by atomic mass is 9.78. The molecule has 2 aliphatic carbocycles. The Morgan fingerprint density at radius 2 is 2.00 bits per heavy atom. The lowest BCUT2D eigenvalue weighted by Gasteiger charge is -2.35. The highest BCUT2D eigenvalue weighted by Gasteiger charge is 2.38. The van der Waals surface area contributed by atoms with Crippen molar-refractivity contribution in [2.45, 2.75) is 83.1 Å². The van der Waals surface area contributed by atoms with Gasteiger partial charge in [0.25, 0.3) is 0 Å². The molecule has 3 heteroatoms. The first-order valence-corrected chi connectivity index (χ1v) is 8.42. The first-order chi connectivity index (χ1) is 9.62. The van der Waals surface area contributed by atoms with Crippen molar-refractivity contribution in [1.82, 2.24) is 5.32 Å². The molecule has 0 aromatic carbocycles. The van der Waals surface area contributed by atoms with Gasteiger partial charge in [-0.3, -0.25) is 0 Å². The molecule has 0 amide bonds. The van der Waals surface area contributed by atoms with E-state index in [1.807, 2.05) is 0 Å². The Hall–Kier alpha value is -0.440. The highest BCUT2D eigenvalue weighted by molar-refractivity contribution is 5.14. The number of halogens is 2. The lowest BCUT2D eigenvalue weighted by molar-refractivity contribution is -0.0483. The molecule has 1 N–H and O–H groups in total. The summed E-state index contributed by atoms with van der Waals surface area (Å²) in [5, 5.41) is 3.65. The topological polar surface area (TPSA) is 12.0 Å². The van der Waals surface area contributed by atoms with Crippen LogP contribution in [0.25, 0.3) is 0 Å². The van der Waals surface area contributed by atoms with Crippen LogP contribution < -0.4 is 5.32 Å². The molecular formula is C17H29F2N. The molecule has 1 fully saturated rings. The van der Waals surface area contributed by atoms with E-state index in [1.165, 1.54) is 31.3 Å². The quantitative estimate of drug-likeness (QED) is 0.695. The predicted octanol–water partition coefficient (Wildman–Crippen LogP) is 5.07. The van der Waals surface area contributed by atoms with Crippen molar-refractivity contribution in [3.8, 4) is 0 Å². The molecule has 0 bridgehead atoms. The van der Waals surface area contributed by atoms with Crippen LogP contribution in [-0.4, -0.2) is 18.5 Å². The Balaban J connectivity index is 2.01. The monoisotopic (exact) mass is 285 g/mol. The van der Waals surface area contributed by atoms with E-state index in [-0.39, 0.29) is 12.8 Å². The highest BCUT2D eigenvalue weighted by Crippen LogP contribution is 2.39. The molecule has 1 nitrogen and oxygen atoms in total. The Kier molecular flexibility index (Phi) is 6.01. The van der Waals surface area contributed by atoms with Crippen molar-refractivity contribution in [3.63, 3.8) is 0 Å². The summed E-state index contributed by atoms with van der Waals surface area (Å²) in [7, 11) is 0. The molecule has 0 aromatic rings. The number of allylic oxidation sites excluding steroid dienone is 1. The van der Waals surface area contributed by atoms with Gasteiger partial charge in [-0.1, -0.05) is 25.0 Å². The summed E-state index contributed by atoms with van der Waals surface area (Å²) in [5.74, 6) is -2.01. The minimum Gasteiger partial charge on any atom is -0.310 e. The Morgan fingerprint density at radius 1 is 1.25 bits per heavy atom. The van der Waals surface area contributed by atoms with Gasteiger partial charge in [-0.2, -0.15) is 0 Å². The minimum absolute atomic E-state index is 0.0786. The van der Waals surface area contributed by atoms with Crippen LogP contribution in [-0.2, 0) is 0 Å². The first kappa shape index (κ1) is 15.9. The Bertz CT molecular complexity index is 315. The van der Waals surface area contributed by atoms with Crippen LogP contribution in [0.15, 0.2) is 11.6 Å². The number of rotatable bonds is 5. The van der Waals surface area contributed by atoms with Gasteiger partial charge in [-0.15, -0.1) is 0 Å². The number of nitrogens with one attached hydrogen (secondary N) is 1. The van der Waals surface area contributed by atoms with E-state index in [9.17, 15) is 8.78 Å². The first-order valence-electron chi connectivity index (χ1n) is 8.42. The van der Waals surface area contributed by atoms with Crippen molar-refractivity contribution in [3.05, 3.63) is 11.6 Å². The Labute approximate surface area is 122 Å². The van der Waals surface area contributed by atoms with Gasteiger partial charge in [0.15, 0.2) is 0 Å². The van der Waals surface area contributed by atoms with Gasteiger partial charge in [0.2, 0.25) is 5.92 Å². The van der Waals surface area contributed by atoms with Crippen LogP contribution in [0.3, 0.4) is 0 Å². The molecule has 0 heterocycles. The van der Waals surface area contributed by atoms with Crippen molar-refractivity contribution >= 4 is 0 Å². The summed E-state index contributed by atoms with van der Waals surface area (Å²) in [6, 6.07) is 0.351. The maximum absolute atomic E-state index is 13.4.